The first-order chi connectivity index (χ1) is 4.41. The van der Waals surface area contributed by atoms with Gasteiger partial charge < -0.3 is 19.2 Å². The molecule has 0 aromatic heterocycles. The molecule has 0 unspecified atom stereocenters. The molecule has 0 radical (unpaired) electrons. The molecule has 0 fully saturated rings. The van der Waals surface area contributed by atoms with Gasteiger partial charge in [-0.15, -0.1) is 0 Å². The summed E-state index contributed by atoms with van der Waals surface area (Å²) in [5, 5.41) is 3.97. The fraction of sp³-hybridized carbons (Fsp3) is 0.750. The minimum absolute atomic E-state index is 0. The number of hydrogen-bond acceptors (Lipinski definition) is 0. The normalized spacial score (nSPS) is 5.40. The first kappa shape index (κ1) is 22.4. The Labute approximate surface area is 79.7 Å². The van der Waals surface area contributed by atoms with Crippen molar-refractivity contribution >= 4 is 0 Å². The predicted molar refractivity (Wildman–Crippen MR) is 46.5 cm³/mol. The number of nitrogens with zero attached hydrogens (tertiary/aromatic N) is 1. The Morgan fingerprint density at radius 1 is 0.900 bits per heavy atom. The van der Waals surface area contributed by atoms with E-state index in [0.29, 0.717) is 0 Å². The van der Waals surface area contributed by atoms with Crippen LogP contribution in [0, 0.1) is 13.8 Å². The third-order valence-electron chi connectivity index (χ3n) is 0.447. The van der Waals surface area contributed by atoms with Gasteiger partial charge in [-0.25, -0.2) is 0 Å². The third kappa shape index (κ3) is 74.0. The van der Waals surface area contributed by atoms with Crippen LogP contribution in [-0.2, 0) is 19.5 Å². The van der Waals surface area contributed by atoms with Gasteiger partial charge in [-0.05, 0) is 0 Å². The summed E-state index contributed by atoms with van der Waals surface area (Å²) in [6.45, 7) is 16.0. The van der Waals surface area contributed by atoms with E-state index in [-0.39, 0.29) is 19.5 Å². The van der Waals surface area contributed by atoms with E-state index in [9.17, 15) is 0 Å². The van der Waals surface area contributed by atoms with Crippen LogP contribution in [0.3, 0.4) is 0 Å². The van der Waals surface area contributed by atoms with Crippen molar-refractivity contribution < 1.29 is 19.5 Å². The Morgan fingerprint density at radius 3 is 1.10 bits per heavy atom. The van der Waals surface area contributed by atoms with Crippen LogP contribution in [0.4, 0.5) is 0 Å². The third-order valence-corrected chi connectivity index (χ3v) is 0.447. The minimum Gasteiger partial charge on any atom is -0.663 e. The molecular formula is C8H20NRh. The minimum atomic E-state index is 0. The van der Waals surface area contributed by atoms with Gasteiger partial charge in [-0.2, -0.15) is 26.9 Å². The zero-order chi connectivity index (χ0) is 8.12. The predicted octanol–water partition coefficient (Wildman–Crippen LogP) is 3.08. The molecule has 0 aliphatic rings. The van der Waals surface area contributed by atoms with Crippen molar-refractivity contribution in [2.24, 2.45) is 0 Å². The van der Waals surface area contributed by atoms with Gasteiger partial charge in [0.25, 0.3) is 0 Å². The summed E-state index contributed by atoms with van der Waals surface area (Å²) in [5.41, 5.74) is 0. The van der Waals surface area contributed by atoms with Gasteiger partial charge in [-0.3, -0.25) is 0 Å². The van der Waals surface area contributed by atoms with Crippen LogP contribution in [0.5, 0.6) is 0 Å². The standard InChI is InChI=1S/C4H10N.2C2H5.Rh/c1-3-5-4-2;2*1-2;/h3-4H2,1-2H3;2*1H2,2H3;/q3*-1;+3. The van der Waals surface area contributed by atoms with Crippen molar-refractivity contribution in [3.05, 3.63) is 19.2 Å². The molecule has 0 atom stereocenters. The molecule has 0 aromatic rings. The fourth-order valence-corrected chi connectivity index (χ4v) is 0.224. The fourth-order valence-electron chi connectivity index (χ4n) is 0.224. The van der Waals surface area contributed by atoms with E-state index in [2.05, 4.69) is 19.2 Å². The van der Waals surface area contributed by atoms with Gasteiger partial charge in [0.05, 0.1) is 0 Å². The summed E-state index contributed by atoms with van der Waals surface area (Å²) >= 11 is 0. The molecule has 0 bridgehead atoms. The summed E-state index contributed by atoms with van der Waals surface area (Å²) in [6.07, 6.45) is 0. The molecule has 0 saturated heterocycles. The second-order valence-corrected chi connectivity index (χ2v) is 0.856. The van der Waals surface area contributed by atoms with Gasteiger partial charge >= 0.3 is 19.5 Å². The van der Waals surface area contributed by atoms with E-state index in [1.807, 2.05) is 13.8 Å². The van der Waals surface area contributed by atoms with Gasteiger partial charge in [0.15, 0.2) is 0 Å². The van der Waals surface area contributed by atoms with Crippen molar-refractivity contribution in [1.29, 1.82) is 0 Å². The molecule has 2 heteroatoms. The Bertz CT molecular complexity index is 16.7. The molecular weight excluding hydrogens is 213 g/mol. The van der Waals surface area contributed by atoms with Gasteiger partial charge in [-0.1, -0.05) is 13.8 Å². The summed E-state index contributed by atoms with van der Waals surface area (Å²) in [4.78, 5) is 0. The van der Waals surface area contributed by atoms with E-state index < -0.39 is 0 Å². The van der Waals surface area contributed by atoms with Gasteiger partial charge in [0, 0.05) is 0 Å². The summed E-state index contributed by atoms with van der Waals surface area (Å²) < 4.78 is 0. The van der Waals surface area contributed by atoms with Crippen molar-refractivity contribution in [3.8, 4) is 0 Å². The van der Waals surface area contributed by atoms with Crippen molar-refractivity contribution in [3.63, 3.8) is 0 Å². The maximum atomic E-state index is 3.97. The van der Waals surface area contributed by atoms with Gasteiger partial charge in [0.2, 0.25) is 0 Å². The van der Waals surface area contributed by atoms with E-state index in [0.717, 1.165) is 13.1 Å². The van der Waals surface area contributed by atoms with Crippen LogP contribution in [0.15, 0.2) is 0 Å². The van der Waals surface area contributed by atoms with Gasteiger partial charge in [0.1, 0.15) is 0 Å². The maximum absolute atomic E-state index is 3.97. The summed E-state index contributed by atoms with van der Waals surface area (Å²) in [5.74, 6) is 0. The zero-order valence-corrected chi connectivity index (χ0v) is 9.25. The molecule has 0 aromatic carbocycles. The van der Waals surface area contributed by atoms with E-state index >= 15 is 0 Å². The SMILES string of the molecule is CC[N-]CC.[CH2-]C.[CH2-]C.[Rh+3]. The molecule has 0 N–H and O–H groups in total. The monoisotopic (exact) mass is 233 g/mol. The molecule has 66 valence electrons. The molecule has 0 saturated carbocycles. The first-order valence-corrected chi connectivity index (χ1v) is 3.46. The first-order valence-electron chi connectivity index (χ1n) is 3.46. The Kier molecular flexibility index (Phi) is 123. The second kappa shape index (κ2) is 55.0. The molecule has 0 aliphatic heterocycles. The Hall–Kier alpha value is 0.583. The number of rotatable bonds is 2. The van der Waals surface area contributed by atoms with Crippen LogP contribution in [0.1, 0.15) is 27.7 Å². The quantitative estimate of drug-likeness (QED) is 0.514. The molecule has 0 rings (SSSR count). The van der Waals surface area contributed by atoms with E-state index in [1.54, 1.807) is 13.8 Å². The van der Waals surface area contributed by atoms with E-state index in [1.165, 1.54) is 0 Å². The van der Waals surface area contributed by atoms with Crippen molar-refractivity contribution in [1.82, 2.24) is 0 Å². The second-order valence-electron chi connectivity index (χ2n) is 0.856. The van der Waals surface area contributed by atoms with Crippen LogP contribution >= 0.6 is 0 Å². The molecule has 0 aliphatic carbocycles. The van der Waals surface area contributed by atoms with Crippen LogP contribution in [0.25, 0.3) is 5.32 Å². The van der Waals surface area contributed by atoms with Crippen molar-refractivity contribution in [2.45, 2.75) is 27.7 Å². The Balaban J connectivity index is -0.0000000315. The molecule has 0 spiro atoms. The van der Waals surface area contributed by atoms with Crippen LogP contribution in [0.2, 0.25) is 0 Å². The largest absolute Gasteiger partial charge is 3.00 e. The van der Waals surface area contributed by atoms with Crippen molar-refractivity contribution in [2.75, 3.05) is 13.1 Å². The molecule has 1 nitrogen and oxygen atoms in total. The number of hydrogen-bond donors (Lipinski definition) is 0. The maximum Gasteiger partial charge on any atom is 3.00 e. The van der Waals surface area contributed by atoms with Crippen LogP contribution < -0.4 is 0 Å². The smallest absolute Gasteiger partial charge is 0.663 e. The topological polar surface area (TPSA) is 14.1 Å². The molecule has 0 amide bonds. The summed E-state index contributed by atoms with van der Waals surface area (Å²) in [7, 11) is 0. The summed E-state index contributed by atoms with van der Waals surface area (Å²) in [6, 6.07) is 0. The average molecular weight is 233 g/mol. The molecule has 0 heterocycles. The molecule has 10 heavy (non-hydrogen) atoms. The van der Waals surface area contributed by atoms with E-state index in [4.69, 9.17) is 0 Å². The van der Waals surface area contributed by atoms with Crippen LogP contribution in [-0.4, -0.2) is 13.1 Å². The zero-order valence-electron chi connectivity index (χ0n) is 7.61. The Morgan fingerprint density at radius 2 is 1.10 bits per heavy atom. The average Bonchev–Trinajstić information content (AvgIpc) is 1.98.